The molecule has 2 heterocycles. The highest BCUT2D eigenvalue weighted by Gasteiger charge is 2.36. The van der Waals surface area contributed by atoms with E-state index in [0.29, 0.717) is 0 Å². The minimum atomic E-state index is -0.148. The van der Waals surface area contributed by atoms with Crippen LogP contribution in [0.25, 0.3) is 66.1 Å². The van der Waals surface area contributed by atoms with Crippen molar-refractivity contribution < 1.29 is 8.83 Å². The summed E-state index contributed by atoms with van der Waals surface area (Å²) >= 11 is 0. The maximum Gasteiger partial charge on any atom is 0.137 e. The van der Waals surface area contributed by atoms with Gasteiger partial charge in [0, 0.05) is 32.9 Å². The Bertz CT molecular complexity index is 3030. The molecule has 1 aliphatic rings. The Morgan fingerprint density at radius 1 is 0.464 bits per heavy atom. The van der Waals surface area contributed by atoms with E-state index in [2.05, 4.69) is 194 Å². The zero-order chi connectivity index (χ0) is 38.7. The van der Waals surface area contributed by atoms with Crippen molar-refractivity contribution in [2.75, 3.05) is 4.90 Å². The number of hydrogen-bond donors (Lipinski definition) is 0. The van der Waals surface area contributed by atoms with Crippen LogP contribution in [0.3, 0.4) is 0 Å². The van der Waals surface area contributed by atoms with Crippen LogP contribution < -0.4 is 4.90 Å². The second kappa shape index (κ2) is 12.0. The normalized spacial score (nSPS) is 13.9. The molecule has 7 aromatic carbocycles. The van der Waals surface area contributed by atoms with E-state index >= 15 is 0 Å². The van der Waals surface area contributed by atoms with Gasteiger partial charge in [0.15, 0.2) is 0 Å². The molecular weight excluding hydrogens is 683 g/mol. The van der Waals surface area contributed by atoms with Crippen LogP contribution in [0, 0.1) is 0 Å². The number of hydrogen-bond acceptors (Lipinski definition) is 3. The third-order valence-electron chi connectivity index (χ3n) is 12.1. The van der Waals surface area contributed by atoms with Crippen molar-refractivity contribution >= 4 is 60.9 Å². The van der Waals surface area contributed by atoms with Gasteiger partial charge < -0.3 is 13.7 Å². The molecule has 0 radical (unpaired) electrons. The summed E-state index contributed by atoms with van der Waals surface area (Å²) in [7, 11) is 0. The largest absolute Gasteiger partial charge is 0.456 e. The smallest absolute Gasteiger partial charge is 0.137 e. The SMILES string of the molecule is CC(C)(C)c1cc(C(C)(C)C)c2c(c1)oc1cccc(N(c3cccc(-c4cccc5oc6ccccc6c45)c3)c3ccc4c(c3)C(C)(C)c3ccccc3-4)c12. The predicted molar refractivity (Wildman–Crippen MR) is 236 cm³/mol. The highest BCUT2D eigenvalue weighted by Crippen LogP contribution is 2.52. The number of para-hydroxylation sites is 1. The molecule has 3 nitrogen and oxygen atoms in total. The number of nitrogens with zero attached hydrogens (tertiary/aromatic N) is 1. The highest BCUT2D eigenvalue weighted by atomic mass is 16.3. The zero-order valence-electron chi connectivity index (χ0n) is 33.5. The van der Waals surface area contributed by atoms with Gasteiger partial charge in [-0.05, 0) is 110 Å². The molecule has 0 atom stereocenters. The predicted octanol–water partition coefficient (Wildman–Crippen LogP) is 15.5. The molecule has 10 rings (SSSR count). The molecule has 0 N–H and O–H groups in total. The van der Waals surface area contributed by atoms with Crippen LogP contribution in [0.15, 0.2) is 148 Å². The lowest BCUT2D eigenvalue weighted by atomic mass is 9.78. The maximum atomic E-state index is 6.87. The Morgan fingerprint density at radius 2 is 1.11 bits per heavy atom. The molecule has 0 fully saturated rings. The highest BCUT2D eigenvalue weighted by molar-refractivity contribution is 6.16. The lowest BCUT2D eigenvalue weighted by molar-refractivity contribution is 0.569. The average Bonchev–Trinajstić information content (AvgIpc) is 3.82. The summed E-state index contributed by atoms with van der Waals surface area (Å²) in [6, 6.07) is 50.9. The van der Waals surface area contributed by atoms with E-state index < -0.39 is 0 Å². The fourth-order valence-electron chi connectivity index (χ4n) is 9.23. The Balaban J connectivity index is 1.26. The fraction of sp³-hybridized carbons (Fsp3) is 0.208. The molecule has 9 aromatic rings. The first-order valence-electron chi connectivity index (χ1n) is 19.8. The van der Waals surface area contributed by atoms with E-state index in [1.54, 1.807) is 0 Å². The first-order valence-corrected chi connectivity index (χ1v) is 19.8. The Kier molecular flexibility index (Phi) is 7.36. The molecule has 2 aromatic heterocycles. The Hall–Kier alpha value is -6.06. The van der Waals surface area contributed by atoms with Gasteiger partial charge in [-0.1, -0.05) is 140 Å². The average molecular weight is 730 g/mol. The van der Waals surface area contributed by atoms with Crippen LogP contribution in [-0.4, -0.2) is 0 Å². The molecule has 276 valence electrons. The van der Waals surface area contributed by atoms with Crippen molar-refractivity contribution in [2.24, 2.45) is 0 Å². The molecule has 0 amide bonds. The number of rotatable bonds is 4. The van der Waals surface area contributed by atoms with Crippen molar-refractivity contribution in [2.45, 2.75) is 71.6 Å². The topological polar surface area (TPSA) is 29.5 Å². The monoisotopic (exact) mass is 729 g/mol. The van der Waals surface area contributed by atoms with Gasteiger partial charge >= 0.3 is 0 Å². The van der Waals surface area contributed by atoms with E-state index in [-0.39, 0.29) is 16.2 Å². The third-order valence-corrected chi connectivity index (χ3v) is 12.1. The Morgan fingerprint density at radius 3 is 1.91 bits per heavy atom. The summed E-state index contributed by atoms with van der Waals surface area (Å²) in [5.74, 6) is 0. The molecule has 0 saturated heterocycles. The molecule has 0 spiro atoms. The lowest BCUT2D eigenvalue weighted by Gasteiger charge is -2.30. The van der Waals surface area contributed by atoms with Crippen LogP contribution >= 0.6 is 0 Å². The summed E-state index contributed by atoms with van der Waals surface area (Å²) < 4.78 is 13.2. The molecule has 0 aliphatic heterocycles. The van der Waals surface area contributed by atoms with Crippen molar-refractivity contribution in [3.05, 3.63) is 162 Å². The van der Waals surface area contributed by atoms with Gasteiger partial charge in [0.2, 0.25) is 0 Å². The standard InChI is InChI=1S/C53H47NO2/c1-51(2,3)33-29-42(52(4,5)6)49-47(30-33)56-46-25-15-22-43(50(46)49)54(35-26-27-38-37-18-9-11-21-40(37)53(7,8)41(38)31-35)34-17-13-16-32(28-34)36-20-14-24-45-48(36)39-19-10-12-23-44(39)55-45/h9-31H,1-8H3. The van der Waals surface area contributed by atoms with Crippen LogP contribution in [0.5, 0.6) is 0 Å². The second-order valence-corrected chi connectivity index (χ2v) is 18.2. The number of benzene rings is 7. The van der Waals surface area contributed by atoms with Crippen molar-refractivity contribution in [3.8, 4) is 22.3 Å². The number of fused-ring (bicyclic) bond motifs is 9. The summed E-state index contributed by atoms with van der Waals surface area (Å²) in [5, 5.41) is 4.57. The lowest BCUT2D eigenvalue weighted by Crippen LogP contribution is -2.17. The number of anilines is 3. The first-order chi connectivity index (χ1) is 26.8. The third kappa shape index (κ3) is 5.17. The molecule has 0 unspecified atom stereocenters. The number of furan rings is 2. The van der Waals surface area contributed by atoms with Gasteiger partial charge in [-0.2, -0.15) is 0 Å². The van der Waals surface area contributed by atoms with Gasteiger partial charge in [-0.15, -0.1) is 0 Å². The molecule has 1 aliphatic carbocycles. The minimum Gasteiger partial charge on any atom is -0.456 e. The van der Waals surface area contributed by atoms with Crippen LogP contribution in [0.4, 0.5) is 17.1 Å². The van der Waals surface area contributed by atoms with Crippen molar-refractivity contribution in [3.63, 3.8) is 0 Å². The summed E-state index contributed by atoms with van der Waals surface area (Å²) in [4.78, 5) is 2.46. The zero-order valence-corrected chi connectivity index (χ0v) is 33.5. The molecule has 0 saturated carbocycles. The minimum absolute atomic E-state index is 0.0273. The maximum absolute atomic E-state index is 6.87. The van der Waals surface area contributed by atoms with Gasteiger partial charge in [0.05, 0.1) is 11.1 Å². The first kappa shape index (κ1) is 34.4. The fourth-order valence-corrected chi connectivity index (χ4v) is 9.23. The summed E-state index contributed by atoms with van der Waals surface area (Å²) in [6.45, 7) is 18.5. The quantitative estimate of drug-likeness (QED) is 0.181. The van der Waals surface area contributed by atoms with Gasteiger partial charge in [-0.25, -0.2) is 0 Å². The van der Waals surface area contributed by atoms with Crippen LogP contribution in [-0.2, 0) is 16.2 Å². The van der Waals surface area contributed by atoms with E-state index in [4.69, 9.17) is 8.83 Å². The van der Waals surface area contributed by atoms with Crippen molar-refractivity contribution in [1.82, 2.24) is 0 Å². The van der Waals surface area contributed by atoms with Crippen LogP contribution in [0.1, 0.15) is 77.6 Å². The molecule has 0 bridgehead atoms. The molecule has 56 heavy (non-hydrogen) atoms. The van der Waals surface area contributed by atoms with E-state index in [1.807, 2.05) is 6.07 Å². The van der Waals surface area contributed by atoms with Crippen LogP contribution in [0.2, 0.25) is 0 Å². The summed E-state index contributed by atoms with van der Waals surface area (Å²) in [5.41, 5.74) is 16.8. The van der Waals surface area contributed by atoms with Gasteiger partial charge in [0.1, 0.15) is 22.3 Å². The molecular formula is C53H47NO2. The summed E-state index contributed by atoms with van der Waals surface area (Å²) in [6.07, 6.45) is 0. The van der Waals surface area contributed by atoms with Crippen molar-refractivity contribution in [1.29, 1.82) is 0 Å². The van der Waals surface area contributed by atoms with E-state index in [1.165, 1.54) is 38.8 Å². The second-order valence-electron chi connectivity index (χ2n) is 18.2. The van der Waals surface area contributed by atoms with E-state index in [9.17, 15) is 0 Å². The molecule has 3 heteroatoms. The van der Waals surface area contributed by atoms with Gasteiger partial charge in [0.25, 0.3) is 0 Å². The van der Waals surface area contributed by atoms with E-state index in [0.717, 1.165) is 66.7 Å². The van der Waals surface area contributed by atoms with Gasteiger partial charge in [-0.3, -0.25) is 0 Å². The Labute approximate surface area is 329 Å².